The van der Waals surface area contributed by atoms with Gasteiger partial charge in [-0.05, 0) is 65.0 Å². The van der Waals surface area contributed by atoms with Crippen LogP contribution < -0.4 is 0 Å². The van der Waals surface area contributed by atoms with Crippen LogP contribution in [0.15, 0.2) is 30.5 Å². The molecule has 0 aliphatic carbocycles. The summed E-state index contributed by atoms with van der Waals surface area (Å²) in [5.41, 5.74) is 2.33. The number of hydrogen-bond acceptors (Lipinski definition) is 1. The van der Waals surface area contributed by atoms with E-state index in [1.54, 1.807) is 0 Å². The van der Waals surface area contributed by atoms with Gasteiger partial charge in [0.1, 0.15) is 0 Å². The molecule has 16 heavy (non-hydrogen) atoms. The average molecular weight is 344 g/mol. The van der Waals surface area contributed by atoms with Crippen LogP contribution in [-0.4, -0.2) is 9.55 Å². The van der Waals surface area contributed by atoms with Crippen molar-refractivity contribution >= 4 is 34.8 Å². The fourth-order valence-electron chi connectivity index (χ4n) is 1.66. The van der Waals surface area contributed by atoms with Gasteiger partial charge < -0.3 is 4.98 Å². The second-order valence-corrected chi connectivity index (χ2v) is 5.62. The lowest BCUT2D eigenvalue weighted by Crippen LogP contribution is -2.01. The Morgan fingerprint density at radius 3 is 2.44 bits per heavy atom. The van der Waals surface area contributed by atoms with Gasteiger partial charge in [-0.1, -0.05) is 13.8 Å². The van der Waals surface area contributed by atoms with Gasteiger partial charge in [0.2, 0.25) is 0 Å². The summed E-state index contributed by atoms with van der Waals surface area (Å²) in [5.74, 6) is 0.451. The second-order valence-electron chi connectivity index (χ2n) is 3.99. The number of aromatic nitrogens is 2. The topological polar surface area (TPSA) is 20.7 Å². The van der Waals surface area contributed by atoms with Gasteiger partial charge >= 0.3 is 0 Å². The molecule has 0 aliphatic rings. The smallest absolute Gasteiger partial charge is 0.182 e. The Morgan fingerprint density at radius 2 is 1.88 bits per heavy atom. The number of aromatic amines is 1. The Kier molecular flexibility index (Phi) is 3.49. The lowest BCUT2D eigenvalue weighted by molar-refractivity contribution is 0.783. The van der Waals surface area contributed by atoms with Crippen LogP contribution in [0.5, 0.6) is 0 Å². The van der Waals surface area contributed by atoms with E-state index in [1.807, 2.05) is 6.20 Å². The van der Waals surface area contributed by atoms with Crippen molar-refractivity contribution in [1.29, 1.82) is 0 Å². The quantitative estimate of drug-likeness (QED) is 0.638. The summed E-state index contributed by atoms with van der Waals surface area (Å²) in [6.45, 7) is 4.34. The van der Waals surface area contributed by atoms with Crippen LogP contribution in [0.1, 0.15) is 25.5 Å². The summed E-state index contributed by atoms with van der Waals surface area (Å²) in [5, 5.41) is 0. The molecule has 2 rings (SSSR count). The fraction of sp³-hybridized carbons (Fsp3) is 0.250. The second kappa shape index (κ2) is 4.71. The van der Waals surface area contributed by atoms with E-state index in [0.29, 0.717) is 5.92 Å². The Bertz CT molecular complexity index is 537. The number of halogens is 1. The molecule has 1 aromatic heterocycles. The summed E-state index contributed by atoms with van der Waals surface area (Å²) in [6, 6.07) is 8.37. The number of imidazole rings is 1. The molecule has 4 heteroatoms. The molecule has 0 aliphatic heterocycles. The minimum atomic E-state index is 0.451. The van der Waals surface area contributed by atoms with Crippen molar-refractivity contribution in [3.05, 3.63) is 44.5 Å². The molecule has 0 bridgehead atoms. The van der Waals surface area contributed by atoms with Crippen molar-refractivity contribution in [3.8, 4) is 5.69 Å². The number of rotatable bonds is 2. The molecular weight excluding hydrogens is 331 g/mol. The highest BCUT2D eigenvalue weighted by Gasteiger charge is 2.09. The summed E-state index contributed by atoms with van der Waals surface area (Å²) in [7, 11) is 0. The van der Waals surface area contributed by atoms with Crippen molar-refractivity contribution in [2.75, 3.05) is 0 Å². The maximum absolute atomic E-state index is 5.31. The fourth-order valence-corrected chi connectivity index (χ4v) is 2.29. The molecule has 1 N–H and O–H groups in total. The number of benzene rings is 1. The molecule has 0 radical (unpaired) electrons. The molecule has 0 saturated carbocycles. The van der Waals surface area contributed by atoms with E-state index >= 15 is 0 Å². The molecule has 1 aromatic carbocycles. The molecule has 0 atom stereocenters. The number of H-pyrrole nitrogens is 1. The van der Waals surface area contributed by atoms with Crippen LogP contribution in [0.4, 0.5) is 0 Å². The van der Waals surface area contributed by atoms with Crippen molar-refractivity contribution in [2.24, 2.45) is 0 Å². The number of hydrogen-bond donors (Lipinski definition) is 1. The van der Waals surface area contributed by atoms with Gasteiger partial charge in [-0.25, -0.2) is 0 Å². The molecule has 0 fully saturated rings. The van der Waals surface area contributed by atoms with Gasteiger partial charge in [0.25, 0.3) is 0 Å². The molecular formula is C12H13IN2S. The Balaban J connectivity index is 2.59. The molecule has 0 amide bonds. The van der Waals surface area contributed by atoms with Gasteiger partial charge in [0, 0.05) is 21.1 Å². The highest BCUT2D eigenvalue weighted by molar-refractivity contribution is 14.1. The Morgan fingerprint density at radius 1 is 1.25 bits per heavy atom. The van der Waals surface area contributed by atoms with Gasteiger partial charge in [-0.2, -0.15) is 0 Å². The van der Waals surface area contributed by atoms with Crippen molar-refractivity contribution in [2.45, 2.75) is 19.8 Å². The lowest BCUT2D eigenvalue weighted by Gasteiger charge is -2.10. The predicted octanol–water partition coefficient (Wildman–Crippen LogP) is 4.26. The maximum Gasteiger partial charge on any atom is 0.182 e. The Labute approximate surface area is 114 Å². The van der Waals surface area contributed by atoms with E-state index in [-0.39, 0.29) is 0 Å². The molecule has 1 heterocycles. The van der Waals surface area contributed by atoms with Crippen LogP contribution in [0.25, 0.3) is 5.69 Å². The summed E-state index contributed by atoms with van der Waals surface area (Å²) in [4.78, 5) is 3.11. The van der Waals surface area contributed by atoms with Crippen molar-refractivity contribution in [3.63, 3.8) is 0 Å². The van der Waals surface area contributed by atoms with Crippen LogP contribution in [0.3, 0.4) is 0 Å². The molecule has 2 aromatic rings. The SMILES string of the molecule is CC(C)c1c[nH]c(=S)n1-c1ccc(I)cc1. The van der Waals surface area contributed by atoms with Crippen molar-refractivity contribution in [1.82, 2.24) is 9.55 Å². The lowest BCUT2D eigenvalue weighted by atomic mass is 10.1. The van der Waals surface area contributed by atoms with Crippen LogP contribution in [0, 0.1) is 8.34 Å². The zero-order valence-corrected chi connectivity index (χ0v) is 12.2. The first-order valence-corrected chi connectivity index (χ1v) is 6.64. The van der Waals surface area contributed by atoms with Gasteiger partial charge in [-0.3, -0.25) is 4.57 Å². The summed E-state index contributed by atoms with van der Waals surface area (Å²) in [6.07, 6.45) is 1.99. The van der Waals surface area contributed by atoms with Gasteiger partial charge in [0.15, 0.2) is 4.77 Å². The zero-order valence-electron chi connectivity index (χ0n) is 9.20. The van der Waals surface area contributed by atoms with E-state index in [9.17, 15) is 0 Å². The first-order valence-electron chi connectivity index (χ1n) is 5.16. The third-order valence-electron chi connectivity index (χ3n) is 2.48. The normalized spacial score (nSPS) is 11.0. The molecule has 0 unspecified atom stereocenters. The molecule has 2 nitrogen and oxygen atoms in total. The Hall–Kier alpha value is -0.620. The van der Waals surface area contributed by atoms with E-state index in [2.05, 4.69) is 70.3 Å². The average Bonchev–Trinajstić information content (AvgIpc) is 2.62. The van der Waals surface area contributed by atoms with Crippen molar-refractivity contribution < 1.29 is 0 Å². The monoisotopic (exact) mass is 344 g/mol. The van der Waals surface area contributed by atoms with Crippen LogP contribution >= 0.6 is 34.8 Å². The highest BCUT2D eigenvalue weighted by atomic mass is 127. The number of nitrogens with one attached hydrogen (secondary N) is 1. The minimum Gasteiger partial charge on any atom is -0.337 e. The summed E-state index contributed by atoms with van der Waals surface area (Å²) >= 11 is 7.61. The first kappa shape index (κ1) is 11.9. The third kappa shape index (κ3) is 2.22. The summed E-state index contributed by atoms with van der Waals surface area (Å²) < 4.78 is 4.08. The van der Waals surface area contributed by atoms with Crippen LogP contribution in [0.2, 0.25) is 0 Å². The molecule has 0 spiro atoms. The first-order chi connectivity index (χ1) is 7.59. The van der Waals surface area contributed by atoms with Gasteiger partial charge in [-0.15, -0.1) is 0 Å². The van der Waals surface area contributed by atoms with E-state index in [0.717, 1.165) is 10.5 Å². The maximum atomic E-state index is 5.31. The predicted molar refractivity (Wildman–Crippen MR) is 77.8 cm³/mol. The number of nitrogens with zero attached hydrogens (tertiary/aromatic N) is 1. The highest BCUT2D eigenvalue weighted by Crippen LogP contribution is 2.20. The van der Waals surface area contributed by atoms with Crippen LogP contribution in [-0.2, 0) is 0 Å². The third-order valence-corrected chi connectivity index (χ3v) is 3.50. The molecule has 0 saturated heterocycles. The van der Waals surface area contributed by atoms with E-state index < -0.39 is 0 Å². The zero-order chi connectivity index (χ0) is 11.7. The largest absolute Gasteiger partial charge is 0.337 e. The van der Waals surface area contributed by atoms with E-state index in [1.165, 1.54) is 9.26 Å². The minimum absolute atomic E-state index is 0.451. The standard InChI is InChI=1S/C12H13IN2S/c1-8(2)11-7-14-12(16)15(11)10-5-3-9(13)4-6-10/h3-8H,1-2H3,(H,14,16). The van der Waals surface area contributed by atoms with E-state index in [4.69, 9.17) is 12.2 Å². The molecule has 84 valence electrons. The van der Waals surface area contributed by atoms with Gasteiger partial charge in [0.05, 0.1) is 0 Å².